The minimum atomic E-state index is -0.237. The second-order valence-electron chi connectivity index (χ2n) is 10.8. The van der Waals surface area contributed by atoms with Crippen LogP contribution in [0.3, 0.4) is 0 Å². The lowest BCUT2D eigenvalue weighted by Gasteiger charge is -2.09. The van der Waals surface area contributed by atoms with Crippen LogP contribution in [0.1, 0.15) is 71.4 Å². The van der Waals surface area contributed by atoms with Gasteiger partial charge in [-0.25, -0.2) is 0 Å². The average Bonchev–Trinajstić information content (AvgIpc) is 3.54. The molecule has 0 aromatic heterocycles. The summed E-state index contributed by atoms with van der Waals surface area (Å²) >= 11 is 15.6. The summed E-state index contributed by atoms with van der Waals surface area (Å²) in [7, 11) is 0. The molecule has 49 heavy (non-hydrogen) atoms. The zero-order valence-electron chi connectivity index (χ0n) is 27.0. The first-order valence-corrected chi connectivity index (χ1v) is 17.6. The second kappa shape index (κ2) is 18.0. The van der Waals surface area contributed by atoms with Crippen LogP contribution >= 0.6 is 39.1 Å². The van der Waals surface area contributed by atoms with Crippen LogP contribution < -0.4 is 4.74 Å². The highest BCUT2D eigenvalue weighted by atomic mass is 79.9. The summed E-state index contributed by atoms with van der Waals surface area (Å²) in [5.74, 6) is 0.0900. The summed E-state index contributed by atoms with van der Waals surface area (Å²) in [5.41, 5.74) is 5.52. The summed E-state index contributed by atoms with van der Waals surface area (Å²) in [4.78, 5) is 46.4. The van der Waals surface area contributed by atoms with Crippen molar-refractivity contribution in [2.45, 2.75) is 39.5 Å². The number of phenols is 1. The van der Waals surface area contributed by atoms with E-state index in [1.165, 1.54) is 12.1 Å². The normalized spacial score (nSPS) is 11.5. The highest BCUT2D eigenvalue weighted by Crippen LogP contribution is 2.44. The molecule has 0 saturated carbocycles. The lowest BCUT2D eigenvalue weighted by Crippen LogP contribution is -2.07. The molecule has 0 unspecified atom stereocenters. The molecule has 2 aliphatic rings. The van der Waals surface area contributed by atoms with Gasteiger partial charge < -0.3 is 19.3 Å². The monoisotopic (exact) mass is 768 g/mol. The first-order valence-electron chi connectivity index (χ1n) is 15.7. The molecule has 6 rings (SSSR count). The molecule has 0 fully saturated rings. The van der Waals surface area contributed by atoms with Crippen LogP contribution in [-0.2, 0) is 19.1 Å². The number of ketones is 2. The third kappa shape index (κ3) is 9.29. The smallest absolute Gasteiger partial charge is 0.305 e. The molecule has 2 aliphatic carbocycles. The third-order valence-electron chi connectivity index (χ3n) is 7.43. The SMILES string of the molecule is CCOC(=O)CCCBr.CCOC(=O)CCCOc1cc(Cl)c2c(c1)C(=O)c1ccccc1-2.O=C1c2ccccc2-c2c(Cl)cc(O)cc21. The number of hydrogen-bond acceptors (Lipinski definition) is 8. The van der Waals surface area contributed by atoms with Crippen molar-refractivity contribution in [3.8, 4) is 33.8 Å². The van der Waals surface area contributed by atoms with Gasteiger partial charge in [0.15, 0.2) is 11.6 Å². The number of benzene rings is 4. The Morgan fingerprint density at radius 1 is 0.673 bits per heavy atom. The molecule has 4 aromatic rings. The first kappa shape index (κ1) is 37.6. The first-order chi connectivity index (χ1) is 23.6. The van der Waals surface area contributed by atoms with Crippen molar-refractivity contribution in [1.29, 1.82) is 0 Å². The number of carbonyl (C=O) groups excluding carboxylic acids is 4. The van der Waals surface area contributed by atoms with Crippen molar-refractivity contribution >= 4 is 62.6 Å². The predicted octanol–water partition coefficient (Wildman–Crippen LogP) is 9.26. The van der Waals surface area contributed by atoms with Crippen LogP contribution in [0.15, 0.2) is 72.8 Å². The van der Waals surface area contributed by atoms with Gasteiger partial charge in [-0.15, -0.1) is 0 Å². The Labute approximate surface area is 303 Å². The molecule has 4 aromatic carbocycles. The maximum Gasteiger partial charge on any atom is 0.305 e. The number of rotatable bonds is 10. The van der Waals surface area contributed by atoms with Crippen molar-refractivity contribution < 1.29 is 38.5 Å². The van der Waals surface area contributed by atoms with E-state index >= 15 is 0 Å². The van der Waals surface area contributed by atoms with E-state index in [2.05, 4.69) is 20.7 Å². The zero-order chi connectivity index (χ0) is 35.5. The summed E-state index contributed by atoms with van der Waals surface area (Å²) in [6.07, 6.45) is 2.23. The molecular weight excluding hydrogens is 735 g/mol. The molecule has 0 spiro atoms. The maximum atomic E-state index is 12.5. The van der Waals surface area contributed by atoms with Crippen molar-refractivity contribution in [1.82, 2.24) is 0 Å². The van der Waals surface area contributed by atoms with Gasteiger partial charge in [-0.05, 0) is 62.1 Å². The lowest BCUT2D eigenvalue weighted by atomic mass is 10.1. The van der Waals surface area contributed by atoms with E-state index in [9.17, 15) is 24.3 Å². The molecule has 1 N–H and O–H groups in total. The molecule has 0 aliphatic heterocycles. The average molecular weight is 771 g/mol. The Morgan fingerprint density at radius 2 is 1.14 bits per heavy atom. The van der Waals surface area contributed by atoms with Crippen LogP contribution in [0.5, 0.6) is 11.5 Å². The van der Waals surface area contributed by atoms with Gasteiger partial charge in [0.2, 0.25) is 0 Å². The van der Waals surface area contributed by atoms with Gasteiger partial charge in [0.05, 0.1) is 29.9 Å². The van der Waals surface area contributed by atoms with Crippen LogP contribution in [0.4, 0.5) is 0 Å². The van der Waals surface area contributed by atoms with Crippen LogP contribution in [-0.4, -0.2) is 53.8 Å². The number of carbonyl (C=O) groups is 4. The molecule has 0 atom stereocenters. The van der Waals surface area contributed by atoms with E-state index < -0.39 is 0 Å². The quantitative estimate of drug-likeness (QED) is 0.0833. The number of alkyl halides is 1. The standard InChI is InChI=1S/C19H17ClO4.C13H7ClO2.C6H11BrO2/c1-2-23-17(21)8-5-9-24-12-10-15-18(16(20)11-12)13-6-3-4-7-14(13)19(15)22;14-11-6-7(15)5-10-12(11)8-3-1-2-4-9(8)13(10)16;1-2-9-6(8)4-3-5-7/h3-4,6-7,10-11H,2,5,8-9H2,1H3;1-6,15H;2-5H2,1H3. The van der Waals surface area contributed by atoms with Crippen molar-refractivity contribution in [3.63, 3.8) is 0 Å². The molecule has 11 heteroatoms. The molecule has 8 nitrogen and oxygen atoms in total. The van der Waals surface area contributed by atoms with E-state index in [0.29, 0.717) is 77.1 Å². The molecule has 0 bridgehead atoms. The molecular formula is C38H35BrCl2O8. The zero-order valence-corrected chi connectivity index (χ0v) is 30.1. The number of hydrogen-bond donors (Lipinski definition) is 1. The van der Waals surface area contributed by atoms with Crippen LogP contribution in [0, 0.1) is 0 Å². The summed E-state index contributed by atoms with van der Waals surface area (Å²) in [5, 5.41) is 11.2. The number of phenolic OH excluding ortho intramolecular Hbond substituents is 1. The van der Waals surface area contributed by atoms with Crippen molar-refractivity contribution in [2.24, 2.45) is 0 Å². The fourth-order valence-corrected chi connectivity index (χ4v) is 6.24. The van der Waals surface area contributed by atoms with Gasteiger partial charge in [-0.2, -0.15) is 0 Å². The van der Waals surface area contributed by atoms with E-state index in [-0.39, 0.29) is 29.3 Å². The number of esters is 2. The number of ether oxygens (including phenoxy) is 3. The van der Waals surface area contributed by atoms with Gasteiger partial charge in [0.1, 0.15) is 11.5 Å². The van der Waals surface area contributed by atoms with Crippen LogP contribution in [0.25, 0.3) is 22.3 Å². The number of fused-ring (bicyclic) bond motifs is 6. The minimum absolute atomic E-state index is 0.0184. The highest BCUT2D eigenvalue weighted by molar-refractivity contribution is 9.09. The van der Waals surface area contributed by atoms with Crippen molar-refractivity contribution in [2.75, 3.05) is 25.2 Å². The van der Waals surface area contributed by atoms with Gasteiger partial charge in [-0.1, -0.05) is 87.7 Å². The fraction of sp³-hybridized carbons (Fsp3) is 0.263. The van der Waals surface area contributed by atoms with Gasteiger partial charge in [0, 0.05) is 51.6 Å². The van der Waals surface area contributed by atoms with E-state index in [1.54, 1.807) is 31.2 Å². The summed E-state index contributed by atoms with van der Waals surface area (Å²) in [6.45, 7) is 4.81. The molecule has 0 amide bonds. The third-order valence-corrected chi connectivity index (χ3v) is 8.59. The lowest BCUT2D eigenvalue weighted by molar-refractivity contribution is -0.144. The Balaban J connectivity index is 0.000000186. The fourth-order valence-electron chi connectivity index (χ4n) is 5.34. The Morgan fingerprint density at radius 3 is 1.65 bits per heavy atom. The molecule has 0 heterocycles. The largest absolute Gasteiger partial charge is 0.508 e. The number of halogens is 3. The van der Waals surface area contributed by atoms with E-state index in [0.717, 1.165) is 34.0 Å². The number of aromatic hydroxyl groups is 1. The van der Waals surface area contributed by atoms with Gasteiger partial charge in [-0.3, -0.25) is 19.2 Å². The Kier molecular flexibility index (Phi) is 13.8. The Bertz CT molecular complexity index is 1860. The van der Waals surface area contributed by atoms with Crippen molar-refractivity contribution in [3.05, 3.63) is 105 Å². The predicted molar refractivity (Wildman–Crippen MR) is 193 cm³/mol. The summed E-state index contributed by atoms with van der Waals surface area (Å²) in [6, 6.07) is 21.1. The minimum Gasteiger partial charge on any atom is -0.508 e. The summed E-state index contributed by atoms with van der Waals surface area (Å²) < 4.78 is 15.2. The van der Waals surface area contributed by atoms with Gasteiger partial charge in [0.25, 0.3) is 0 Å². The van der Waals surface area contributed by atoms with Crippen LogP contribution in [0.2, 0.25) is 10.0 Å². The van der Waals surface area contributed by atoms with Gasteiger partial charge >= 0.3 is 11.9 Å². The second-order valence-corrected chi connectivity index (χ2v) is 12.4. The maximum absolute atomic E-state index is 12.5. The molecule has 0 saturated heterocycles. The highest BCUT2D eigenvalue weighted by Gasteiger charge is 2.30. The molecule has 256 valence electrons. The topological polar surface area (TPSA) is 116 Å². The Hall–Kier alpha value is -4.18. The molecule has 0 radical (unpaired) electrons. The van der Waals surface area contributed by atoms with E-state index in [1.807, 2.05) is 43.3 Å². The van der Waals surface area contributed by atoms with E-state index in [4.69, 9.17) is 32.7 Å².